The van der Waals surface area contributed by atoms with E-state index in [0.29, 0.717) is 0 Å². The SMILES string of the molecule is O=C1NCC2(CCCCC2)c2sc(Cl)cc21. The third-order valence-corrected chi connectivity index (χ3v) is 5.34. The first-order chi connectivity index (χ1) is 7.71. The van der Waals surface area contributed by atoms with Crippen molar-refractivity contribution in [3.05, 3.63) is 20.8 Å². The number of amides is 1. The molecule has 4 heteroatoms. The van der Waals surface area contributed by atoms with E-state index in [1.807, 2.05) is 6.07 Å². The van der Waals surface area contributed by atoms with Gasteiger partial charge in [-0.1, -0.05) is 30.9 Å². The van der Waals surface area contributed by atoms with Crippen molar-refractivity contribution in [3.63, 3.8) is 0 Å². The summed E-state index contributed by atoms with van der Waals surface area (Å²) in [5.74, 6) is 0.0503. The molecule has 1 fully saturated rings. The molecule has 3 rings (SSSR count). The van der Waals surface area contributed by atoms with E-state index in [1.54, 1.807) is 11.3 Å². The fourth-order valence-electron chi connectivity index (χ4n) is 2.98. The summed E-state index contributed by atoms with van der Waals surface area (Å²) < 4.78 is 0.743. The minimum absolute atomic E-state index is 0.0503. The van der Waals surface area contributed by atoms with Gasteiger partial charge < -0.3 is 5.32 Å². The van der Waals surface area contributed by atoms with Gasteiger partial charge in [0.25, 0.3) is 5.91 Å². The first-order valence-electron chi connectivity index (χ1n) is 5.79. The first-order valence-corrected chi connectivity index (χ1v) is 6.99. The summed E-state index contributed by atoms with van der Waals surface area (Å²) in [6, 6.07) is 1.83. The number of rotatable bonds is 0. The van der Waals surface area contributed by atoms with Crippen LogP contribution in [0.25, 0.3) is 0 Å². The van der Waals surface area contributed by atoms with E-state index in [1.165, 1.54) is 37.0 Å². The standard InChI is InChI=1S/C12H14ClNOS/c13-9-6-8-10(16-9)12(7-14-11(8)15)4-2-1-3-5-12/h6H,1-5,7H2,(H,14,15). The topological polar surface area (TPSA) is 29.1 Å². The van der Waals surface area contributed by atoms with Gasteiger partial charge in [-0.25, -0.2) is 0 Å². The van der Waals surface area contributed by atoms with Crippen LogP contribution in [0.3, 0.4) is 0 Å². The first kappa shape index (κ1) is 10.6. The number of nitrogens with one attached hydrogen (secondary N) is 1. The molecule has 2 aliphatic rings. The zero-order chi connectivity index (χ0) is 11.2. The molecule has 2 nitrogen and oxygen atoms in total. The smallest absolute Gasteiger partial charge is 0.252 e. The van der Waals surface area contributed by atoms with Gasteiger partial charge in [0.1, 0.15) is 0 Å². The summed E-state index contributed by atoms with van der Waals surface area (Å²) in [4.78, 5) is 13.0. The van der Waals surface area contributed by atoms with E-state index in [4.69, 9.17) is 11.6 Å². The molecule has 1 saturated carbocycles. The second kappa shape index (κ2) is 3.74. The van der Waals surface area contributed by atoms with Gasteiger partial charge in [0.2, 0.25) is 0 Å². The summed E-state index contributed by atoms with van der Waals surface area (Å²) in [6.07, 6.45) is 6.24. The Balaban J connectivity index is 2.09. The number of fused-ring (bicyclic) bond motifs is 2. The van der Waals surface area contributed by atoms with E-state index in [-0.39, 0.29) is 11.3 Å². The largest absolute Gasteiger partial charge is 0.351 e. The summed E-state index contributed by atoms with van der Waals surface area (Å²) >= 11 is 7.66. The Morgan fingerprint density at radius 2 is 2.06 bits per heavy atom. The van der Waals surface area contributed by atoms with Gasteiger partial charge in [0, 0.05) is 16.8 Å². The van der Waals surface area contributed by atoms with E-state index in [0.717, 1.165) is 16.4 Å². The van der Waals surface area contributed by atoms with Crippen molar-refractivity contribution in [2.75, 3.05) is 6.54 Å². The Bertz CT molecular complexity index is 434. The molecular formula is C12H14ClNOS. The second-order valence-electron chi connectivity index (χ2n) is 4.82. The molecule has 1 aromatic rings. The van der Waals surface area contributed by atoms with Crippen molar-refractivity contribution in [3.8, 4) is 0 Å². The van der Waals surface area contributed by atoms with Crippen LogP contribution in [0.2, 0.25) is 4.34 Å². The molecule has 0 unspecified atom stereocenters. The molecule has 0 radical (unpaired) electrons. The van der Waals surface area contributed by atoms with Crippen molar-refractivity contribution in [1.29, 1.82) is 0 Å². The Hall–Kier alpha value is -0.540. The highest BCUT2D eigenvalue weighted by Gasteiger charge is 2.41. The highest BCUT2D eigenvalue weighted by Crippen LogP contribution is 2.46. The van der Waals surface area contributed by atoms with Crippen LogP contribution in [-0.2, 0) is 5.41 Å². The molecule has 0 bridgehead atoms. The lowest BCUT2D eigenvalue weighted by atomic mass is 9.70. The van der Waals surface area contributed by atoms with Crippen LogP contribution in [0.1, 0.15) is 47.3 Å². The van der Waals surface area contributed by atoms with Crippen molar-refractivity contribution < 1.29 is 4.79 Å². The lowest BCUT2D eigenvalue weighted by Gasteiger charge is -2.40. The predicted molar refractivity (Wildman–Crippen MR) is 66.4 cm³/mol. The lowest BCUT2D eigenvalue weighted by Crippen LogP contribution is -2.46. The summed E-state index contributed by atoms with van der Waals surface area (Å²) in [6.45, 7) is 0.801. The second-order valence-corrected chi connectivity index (χ2v) is 6.50. The molecular weight excluding hydrogens is 242 g/mol. The molecule has 1 aliphatic heterocycles. The van der Waals surface area contributed by atoms with Crippen molar-refractivity contribution in [1.82, 2.24) is 5.32 Å². The van der Waals surface area contributed by atoms with Crippen molar-refractivity contribution in [2.24, 2.45) is 0 Å². The van der Waals surface area contributed by atoms with Gasteiger partial charge in [-0.2, -0.15) is 0 Å². The zero-order valence-electron chi connectivity index (χ0n) is 9.01. The van der Waals surface area contributed by atoms with Crippen LogP contribution >= 0.6 is 22.9 Å². The third-order valence-electron chi connectivity index (χ3n) is 3.83. The molecule has 1 amide bonds. The van der Waals surface area contributed by atoms with Crippen LogP contribution in [0.5, 0.6) is 0 Å². The number of carbonyl (C=O) groups is 1. The van der Waals surface area contributed by atoms with Crippen LogP contribution in [0.15, 0.2) is 6.07 Å². The summed E-state index contributed by atoms with van der Waals surface area (Å²) in [5.41, 5.74) is 1.02. The minimum Gasteiger partial charge on any atom is -0.351 e. The molecule has 16 heavy (non-hydrogen) atoms. The maximum absolute atomic E-state index is 11.8. The molecule has 0 saturated heterocycles. The lowest BCUT2D eigenvalue weighted by molar-refractivity contribution is 0.0915. The van der Waals surface area contributed by atoms with Gasteiger partial charge in [-0.3, -0.25) is 4.79 Å². The molecule has 1 spiro atoms. The van der Waals surface area contributed by atoms with Crippen LogP contribution in [0, 0.1) is 0 Å². The number of carbonyl (C=O) groups excluding carboxylic acids is 1. The highest BCUT2D eigenvalue weighted by atomic mass is 35.5. The average Bonchev–Trinajstić information content (AvgIpc) is 2.69. The van der Waals surface area contributed by atoms with Gasteiger partial charge >= 0.3 is 0 Å². The molecule has 0 aromatic carbocycles. The number of hydrogen-bond donors (Lipinski definition) is 1. The Labute approximate surface area is 104 Å². The van der Waals surface area contributed by atoms with Gasteiger partial charge in [0.15, 0.2) is 0 Å². The van der Waals surface area contributed by atoms with Crippen LogP contribution < -0.4 is 5.32 Å². The average molecular weight is 256 g/mol. The Kier molecular flexibility index (Phi) is 2.48. The Morgan fingerprint density at radius 3 is 2.81 bits per heavy atom. The molecule has 1 aromatic heterocycles. The number of halogens is 1. The quantitative estimate of drug-likeness (QED) is 0.757. The highest BCUT2D eigenvalue weighted by molar-refractivity contribution is 7.16. The van der Waals surface area contributed by atoms with E-state index in [9.17, 15) is 4.79 Å². The van der Waals surface area contributed by atoms with E-state index in [2.05, 4.69) is 5.32 Å². The molecule has 2 heterocycles. The van der Waals surface area contributed by atoms with Crippen LogP contribution in [0.4, 0.5) is 0 Å². The normalized spacial score (nSPS) is 22.9. The Morgan fingerprint density at radius 1 is 1.31 bits per heavy atom. The molecule has 1 N–H and O–H groups in total. The van der Waals surface area contributed by atoms with Crippen LogP contribution in [-0.4, -0.2) is 12.5 Å². The maximum Gasteiger partial charge on any atom is 0.252 e. The zero-order valence-corrected chi connectivity index (χ0v) is 10.6. The van der Waals surface area contributed by atoms with Gasteiger partial charge in [-0.05, 0) is 18.9 Å². The molecule has 0 atom stereocenters. The molecule has 86 valence electrons. The maximum atomic E-state index is 11.8. The van der Waals surface area contributed by atoms with Gasteiger partial charge in [0.05, 0.1) is 9.90 Å². The minimum atomic E-state index is 0.0503. The fourth-order valence-corrected chi connectivity index (χ4v) is 4.45. The fraction of sp³-hybridized carbons (Fsp3) is 0.583. The third kappa shape index (κ3) is 1.49. The van der Waals surface area contributed by atoms with Crippen molar-refractivity contribution >= 4 is 28.8 Å². The number of hydrogen-bond acceptors (Lipinski definition) is 2. The van der Waals surface area contributed by atoms with E-state index >= 15 is 0 Å². The predicted octanol–water partition coefficient (Wildman–Crippen LogP) is 3.35. The van der Waals surface area contributed by atoms with E-state index < -0.39 is 0 Å². The molecule has 1 aliphatic carbocycles. The number of thiophene rings is 1. The monoisotopic (exact) mass is 255 g/mol. The van der Waals surface area contributed by atoms with Crippen molar-refractivity contribution in [2.45, 2.75) is 37.5 Å². The van der Waals surface area contributed by atoms with Gasteiger partial charge in [-0.15, -0.1) is 11.3 Å². The summed E-state index contributed by atoms with van der Waals surface area (Å²) in [7, 11) is 0. The summed E-state index contributed by atoms with van der Waals surface area (Å²) in [5, 5.41) is 3.02.